The number of benzene rings is 2. The second-order valence-electron chi connectivity index (χ2n) is 7.99. The first kappa shape index (κ1) is 22.6. The zero-order valence-corrected chi connectivity index (χ0v) is 19.0. The Hall–Kier alpha value is -2.04. The molecule has 1 aliphatic rings. The quantitative estimate of drug-likeness (QED) is 0.625. The summed E-state index contributed by atoms with van der Waals surface area (Å²) in [5.74, 6) is -0.266. The third kappa shape index (κ3) is 5.55. The van der Waals surface area contributed by atoms with E-state index in [-0.39, 0.29) is 30.8 Å². The summed E-state index contributed by atoms with van der Waals surface area (Å²) in [6.07, 6.45) is 4.46. The Bertz CT molecular complexity index is 890. The van der Waals surface area contributed by atoms with E-state index >= 15 is 0 Å². The number of hydrogen-bond acceptors (Lipinski definition) is 2. The predicted molar refractivity (Wildman–Crippen MR) is 122 cm³/mol. The maximum absolute atomic E-state index is 13.3. The molecule has 1 atom stereocenters. The average Bonchev–Trinajstić information content (AvgIpc) is 3.22. The number of nitrogens with zero attached hydrogens (tertiary/aromatic N) is 1. The Kier molecular flexibility index (Phi) is 7.79. The molecule has 0 aliphatic heterocycles. The van der Waals surface area contributed by atoms with Crippen LogP contribution in [0.15, 0.2) is 42.5 Å². The van der Waals surface area contributed by atoms with Gasteiger partial charge in [0.2, 0.25) is 11.8 Å². The number of halogens is 2. The molecule has 4 nitrogen and oxygen atoms in total. The standard InChI is InChI=1S/C24H28Cl2N2O2/c1-16-8-3-4-9-18(16)14-23(29)28(15-20-21(25)12-7-13-22(20)26)17(2)24(30)27-19-10-5-6-11-19/h3-4,7-9,12-13,17,19H,5-6,10-11,14-15H2,1-2H3,(H,27,30)/t17-/m0/s1. The summed E-state index contributed by atoms with van der Waals surface area (Å²) in [5.41, 5.74) is 2.64. The van der Waals surface area contributed by atoms with Gasteiger partial charge in [0, 0.05) is 28.2 Å². The van der Waals surface area contributed by atoms with Crippen molar-refractivity contribution < 1.29 is 9.59 Å². The zero-order chi connectivity index (χ0) is 21.7. The van der Waals surface area contributed by atoms with Crippen LogP contribution in [0.4, 0.5) is 0 Å². The molecule has 1 fully saturated rings. The third-order valence-corrected chi connectivity index (χ3v) is 6.57. The predicted octanol–water partition coefficient (Wildman–Crippen LogP) is 5.32. The van der Waals surface area contributed by atoms with Crippen LogP contribution in [0.3, 0.4) is 0 Å². The lowest BCUT2D eigenvalue weighted by Crippen LogP contribution is -2.50. The third-order valence-electron chi connectivity index (χ3n) is 5.86. The van der Waals surface area contributed by atoms with Gasteiger partial charge in [-0.1, -0.05) is 66.4 Å². The minimum Gasteiger partial charge on any atom is -0.352 e. The number of amides is 2. The average molecular weight is 447 g/mol. The summed E-state index contributed by atoms with van der Waals surface area (Å²) in [6.45, 7) is 3.93. The monoisotopic (exact) mass is 446 g/mol. The second-order valence-corrected chi connectivity index (χ2v) is 8.81. The second kappa shape index (κ2) is 10.3. The molecule has 0 saturated heterocycles. The molecule has 0 heterocycles. The highest BCUT2D eigenvalue weighted by Crippen LogP contribution is 2.27. The van der Waals surface area contributed by atoms with Gasteiger partial charge in [0.1, 0.15) is 6.04 Å². The normalized spacial score (nSPS) is 15.1. The van der Waals surface area contributed by atoms with Gasteiger partial charge in [-0.05, 0) is 49.9 Å². The molecule has 0 bridgehead atoms. The van der Waals surface area contributed by atoms with Crippen molar-refractivity contribution in [3.8, 4) is 0 Å². The van der Waals surface area contributed by atoms with Crippen LogP contribution in [-0.4, -0.2) is 28.8 Å². The maximum atomic E-state index is 13.3. The van der Waals surface area contributed by atoms with Gasteiger partial charge < -0.3 is 10.2 Å². The number of aryl methyl sites for hydroxylation is 1. The van der Waals surface area contributed by atoms with E-state index in [1.807, 2.05) is 31.2 Å². The van der Waals surface area contributed by atoms with Crippen LogP contribution in [0, 0.1) is 6.92 Å². The van der Waals surface area contributed by atoms with Gasteiger partial charge in [0.25, 0.3) is 0 Å². The molecule has 0 aromatic heterocycles. The summed E-state index contributed by atoms with van der Waals surface area (Å²) in [6, 6.07) is 12.6. The van der Waals surface area contributed by atoms with Gasteiger partial charge in [-0.25, -0.2) is 0 Å². The van der Waals surface area contributed by atoms with Gasteiger partial charge in [0.05, 0.1) is 6.42 Å². The molecule has 0 radical (unpaired) electrons. The number of carbonyl (C=O) groups excluding carboxylic acids is 2. The lowest BCUT2D eigenvalue weighted by Gasteiger charge is -2.30. The van der Waals surface area contributed by atoms with E-state index in [1.165, 1.54) is 0 Å². The van der Waals surface area contributed by atoms with Gasteiger partial charge in [-0.2, -0.15) is 0 Å². The molecule has 2 aromatic carbocycles. The topological polar surface area (TPSA) is 49.4 Å². The molecule has 1 aliphatic carbocycles. The number of hydrogen-bond donors (Lipinski definition) is 1. The number of rotatable bonds is 7. The fourth-order valence-electron chi connectivity index (χ4n) is 3.90. The lowest BCUT2D eigenvalue weighted by atomic mass is 10.0. The molecule has 1 N–H and O–H groups in total. The maximum Gasteiger partial charge on any atom is 0.242 e. The summed E-state index contributed by atoms with van der Waals surface area (Å²) < 4.78 is 0. The molecule has 0 unspecified atom stereocenters. The van der Waals surface area contributed by atoms with Crippen molar-refractivity contribution in [2.24, 2.45) is 0 Å². The van der Waals surface area contributed by atoms with E-state index < -0.39 is 6.04 Å². The Labute approximate surface area is 188 Å². The Morgan fingerprint density at radius 3 is 2.33 bits per heavy atom. The minimum atomic E-state index is -0.630. The highest BCUT2D eigenvalue weighted by Gasteiger charge is 2.29. The molecule has 160 valence electrons. The highest BCUT2D eigenvalue weighted by atomic mass is 35.5. The number of nitrogens with one attached hydrogen (secondary N) is 1. The van der Waals surface area contributed by atoms with Crippen molar-refractivity contribution in [3.05, 3.63) is 69.2 Å². The van der Waals surface area contributed by atoms with Crippen LogP contribution >= 0.6 is 23.2 Å². The smallest absolute Gasteiger partial charge is 0.242 e. The van der Waals surface area contributed by atoms with Crippen molar-refractivity contribution in [3.63, 3.8) is 0 Å². The largest absolute Gasteiger partial charge is 0.352 e. The lowest BCUT2D eigenvalue weighted by molar-refractivity contribution is -0.140. The molecule has 3 rings (SSSR count). The van der Waals surface area contributed by atoms with Gasteiger partial charge in [-0.15, -0.1) is 0 Å². The van der Waals surface area contributed by atoms with E-state index in [0.717, 1.165) is 36.8 Å². The number of carbonyl (C=O) groups is 2. The van der Waals surface area contributed by atoms with Crippen molar-refractivity contribution in [1.29, 1.82) is 0 Å². The van der Waals surface area contributed by atoms with Crippen LogP contribution in [0.1, 0.15) is 49.3 Å². The first-order chi connectivity index (χ1) is 14.4. The molecular weight excluding hydrogens is 419 g/mol. The zero-order valence-electron chi connectivity index (χ0n) is 17.5. The molecule has 0 spiro atoms. The summed E-state index contributed by atoms with van der Waals surface area (Å²) in [4.78, 5) is 27.9. The Morgan fingerprint density at radius 1 is 1.07 bits per heavy atom. The highest BCUT2D eigenvalue weighted by molar-refractivity contribution is 6.36. The van der Waals surface area contributed by atoms with Crippen LogP contribution in [0.5, 0.6) is 0 Å². The van der Waals surface area contributed by atoms with Crippen molar-refractivity contribution in [2.75, 3.05) is 0 Å². The summed E-state index contributed by atoms with van der Waals surface area (Å²) in [5, 5.41) is 4.08. The first-order valence-corrected chi connectivity index (χ1v) is 11.2. The molecule has 2 amide bonds. The van der Waals surface area contributed by atoms with E-state index in [0.29, 0.717) is 15.6 Å². The van der Waals surface area contributed by atoms with Crippen LogP contribution < -0.4 is 5.32 Å². The van der Waals surface area contributed by atoms with Gasteiger partial charge in [0.15, 0.2) is 0 Å². The van der Waals surface area contributed by atoms with Crippen LogP contribution in [-0.2, 0) is 22.6 Å². The molecule has 1 saturated carbocycles. The van der Waals surface area contributed by atoms with E-state index in [9.17, 15) is 9.59 Å². The fourth-order valence-corrected chi connectivity index (χ4v) is 4.42. The van der Waals surface area contributed by atoms with Crippen molar-refractivity contribution in [2.45, 2.75) is 64.6 Å². The van der Waals surface area contributed by atoms with Crippen LogP contribution in [0.2, 0.25) is 10.0 Å². The summed E-state index contributed by atoms with van der Waals surface area (Å²) >= 11 is 12.7. The SMILES string of the molecule is Cc1ccccc1CC(=O)N(Cc1c(Cl)cccc1Cl)[C@@H](C)C(=O)NC1CCCC1. The van der Waals surface area contributed by atoms with Crippen molar-refractivity contribution in [1.82, 2.24) is 10.2 Å². The Morgan fingerprint density at radius 2 is 1.70 bits per heavy atom. The minimum absolute atomic E-state index is 0.130. The van der Waals surface area contributed by atoms with Crippen LogP contribution in [0.25, 0.3) is 0 Å². The molecule has 6 heteroatoms. The summed E-state index contributed by atoms with van der Waals surface area (Å²) in [7, 11) is 0. The Balaban J connectivity index is 1.84. The van der Waals surface area contributed by atoms with E-state index in [2.05, 4.69) is 5.32 Å². The fraction of sp³-hybridized carbons (Fsp3) is 0.417. The van der Waals surface area contributed by atoms with Gasteiger partial charge in [-0.3, -0.25) is 9.59 Å². The van der Waals surface area contributed by atoms with E-state index in [1.54, 1.807) is 30.0 Å². The molecule has 2 aromatic rings. The first-order valence-electron chi connectivity index (χ1n) is 10.4. The van der Waals surface area contributed by atoms with E-state index in [4.69, 9.17) is 23.2 Å². The van der Waals surface area contributed by atoms with Gasteiger partial charge >= 0.3 is 0 Å². The van der Waals surface area contributed by atoms with Crippen molar-refractivity contribution >= 4 is 35.0 Å². The molecule has 30 heavy (non-hydrogen) atoms. The molecular formula is C24H28Cl2N2O2.